The third-order valence-electron chi connectivity index (χ3n) is 2.70. The fraction of sp³-hybridized carbons (Fsp3) is 0.600. The maximum absolute atomic E-state index is 6.17. The summed E-state index contributed by atoms with van der Waals surface area (Å²) < 4.78 is 0. The molecule has 2 heterocycles. The van der Waals surface area contributed by atoms with Crippen LogP contribution in [0.1, 0.15) is 27.7 Å². The molecule has 1 aromatic heterocycles. The van der Waals surface area contributed by atoms with Gasteiger partial charge in [0.15, 0.2) is 0 Å². The Morgan fingerprint density at radius 3 is 2.69 bits per heavy atom. The predicted octanol–water partition coefficient (Wildman–Crippen LogP) is 3.10. The van der Waals surface area contributed by atoms with Gasteiger partial charge in [-0.3, -0.25) is 0 Å². The van der Waals surface area contributed by atoms with Gasteiger partial charge in [0.1, 0.15) is 0 Å². The summed E-state index contributed by atoms with van der Waals surface area (Å²) in [6.07, 6.45) is 1.26. The zero-order chi connectivity index (χ0) is 9.42. The normalized spacial score (nSPS) is 22.5. The minimum Gasteiger partial charge on any atom is -0.316 e. The summed E-state index contributed by atoms with van der Waals surface area (Å²) in [5, 5.41) is 4.37. The lowest BCUT2D eigenvalue weighted by Gasteiger charge is -2.06. The van der Waals surface area contributed by atoms with Gasteiger partial charge in [-0.2, -0.15) is 0 Å². The highest BCUT2D eigenvalue weighted by molar-refractivity contribution is 7.12. The van der Waals surface area contributed by atoms with Crippen LogP contribution in [0.25, 0.3) is 0 Å². The first-order valence-electron chi connectivity index (χ1n) is 4.66. The van der Waals surface area contributed by atoms with Gasteiger partial charge >= 0.3 is 0 Å². The molecule has 13 heavy (non-hydrogen) atoms. The summed E-state index contributed by atoms with van der Waals surface area (Å²) in [6.45, 7) is 6.52. The highest BCUT2D eigenvalue weighted by Gasteiger charge is 2.22. The van der Waals surface area contributed by atoms with Gasteiger partial charge in [0.25, 0.3) is 0 Å². The molecule has 1 fully saturated rings. The van der Waals surface area contributed by atoms with Gasteiger partial charge in [-0.15, -0.1) is 11.3 Å². The molecule has 1 aliphatic rings. The number of hydrogen-bond donors (Lipinski definition) is 1. The number of aryl methyl sites for hydroxylation is 1. The van der Waals surface area contributed by atoms with Crippen molar-refractivity contribution in [2.45, 2.75) is 26.2 Å². The van der Waals surface area contributed by atoms with Crippen LogP contribution in [0.5, 0.6) is 0 Å². The fourth-order valence-electron chi connectivity index (χ4n) is 1.93. The van der Waals surface area contributed by atoms with E-state index in [0.29, 0.717) is 5.92 Å². The van der Waals surface area contributed by atoms with E-state index in [1.165, 1.54) is 21.7 Å². The zero-order valence-electron chi connectivity index (χ0n) is 7.98. The second-order valence-electron chi connectivity index (χ2n) is 3.65. The number of halogens is 1. The molecule has 1 aromatic rings. The van der Waals surface area contributed by atoms with E-state index < -0.39 is 0 Å². The van der Waals surface area contributed by atoms with Crippen LogP contribution in [0.2, 0.25) is 5.02 Å². The molecule has 2 rings (SSSR count). The SMILES string of the molecule is Cc1sc(C2CCNC2)c(C)c1Cl. The van der Waals surface area contributed by atoms with Crippen molar-refractivity contribution >= 4 is 22.9 Å². The summed E-state index contributed by atoms with van der Waals surface area (Å²) in [4.78, 5) is 2.76. The molecular weight excluding hydrogens is 202 g/mol. The van der Waals surface area contributed by atoms with Gasteiger partial charge in [-0.1, -0.05) is 11.6 Å². The Labute approximate surface area is 88.1 Å². The summed E-state index contributed by atoms with van der Waals surface area (Å²) in [5.74, 6) is 0.705. The van der Waals surface area contributed by atoms with Crippen molar-refractivity contribution in [3.8, 4) is 0 Å². The molecule has 0 saturated carbocycles. The molecule has 0 amide bonds. The summed E-state index contributed by atoms with van der Waals surface area (Å²) in [7, 11) is 0. The van der Waals surface area contributed by atoms with Crippen LogP contribution in [-0.4, -0.2) is 13.1 Å². The average Bonchev–Trinajstić information content (AvgIpc) is 2.70. The Morgan fingerprint density at radius 1 is 1.46 bits per heavy atom. The van der Waals surface area contributed by atoms with Gasteiger partial charge in [0, 0.05) is 22.2 Å². The van der Waals surface area contributed by atoms with Crippen LogP contribution in [0.3, 0.4) is 0 Å². The lowest BCUT2D eigenvalue weighted by atomic mass is 10.0. The van der Waals surface area contributed by atoms with Crippen LogP contribution >= 0.6 is 22.9 Å². The molecule has 72 valence electrons. The van der Waals surface area contributed by atoms with Crippen molar-refractivity contribution in [3.63, 3.8) is 0 Å². The maximum Gasteiger partial charge on any atom is 0.0574 e. The van der Waals surface area contributed by atoms with Gasteiger partial charge in [-0.25, -0.2) is 0 Å². The quantitative estimate of drug-likeness (QED) is 0.759. The second-order valence-corrected chi connectivity index (χ2v) is 5.29. The molecule has 1 N–H and O–H groups in total. The van der Waals surface area contributed by atoms with Crippen LogP contribution in [-0.2, 0) is 0 Å². The molecule has 1 unspecified atom stereocenters. The third kappa shape index (κ3) is 1.63. The van der Waals surface area contributed by atoms with E-state index in [9.17, 15) is 0 Å². The molecule has 1 atom stereocenters. The smallest absolute Gasteiger partial charge is 0.0574 e. The van der Waals surface area contributed by atoms with E-state index >= 15 is 0 Å². The average molecular weight is 216 g/mol. The van der Waals surface area contributed by atoms with Gasteiger partial charge in [0.2, 0.25) is 0 Å². The Morgan fingerprint density at radius 2 is 2.23 bits per heavy atom. The van der Waals surface area contributed by atoms with E-state index in [1.807, 2.05) is 11.3 Å². The van der Waals surface area contributed by atoms with Gasteiger partial charge in [-0.05, 0) is 32.4 Å². The molecule has 1 nitrogen and oxygen atoms in total. The Bertz CT molecular complexity index is 313. The number of hydrogen-bond acceptors (Lipinski definition) is 2. The van der Waals surface area contributed by atoms with Gasteiger partial charge in [0.05, 0.1) is 5.02 Å². The molecule has 0 spiro atoms. The third-order valence-corrected chi connectivity index (χ3v) is 4.75. The van der Waals surface area contributed by atoms with E-state index in [-0.39, 0.29) is 0 Å². The van der Waals surface area contributed by atoms with Gasteiger partial charge < -0.3 is 5.32 Å². The monoisotopic (exact) mass is 215 g/mol. The highest BCUT2D eigenvalue weighted by Crippen LogP contribution is 2.38. The van der Waals surface area contributed by atoms with Crippen LogP contribution in [0.4, 0.5) is 0 Å². The molecular formula is C10H14ClNS. The predicted molar refractivity (Wildman–Crippen MR) is 59.0 cm³/mol. The first kappa shape index (κ1) is 9.50. The minimum atomic E-state index is 0.705. The Kier molecular flexibility index (Phi) is 2.63. The number of thiophene rings is 1. The van der Waals surface area contributed by atoms with Crippen LogP contribution in [0, 0.1) is 13.8 Å². The molecule has 1 aliphatic heterocycles. The van der Waals surface area contributed by atoms with Crippen LogP contribution in [0.15, 0.2) is 0 Å². The molecule has 0 bridgehead atoms. The topological polar surface area (TPSA) is 12.0 Å². The molecule has 3 heteroatoms. The lowest BCUT2D eigenvalue weighted by molar-refractivity contribution is 0.774. The fourth-order valence-corrected chi connectivity index (χ4v) is 3.40. The van der Waals surface area contributed by atoms with Crippen molar-refractivity contribution < 1.29 is 0 Å². The Hall–Kier alpha value is -0.0500. The summed E-state index contributed by atoms with van der Waals surface area (Å²) >= 11 is 8.03. The Balaban J connectivity index is 2.34. The molecule has 1 saturated heterocycles. The molecule has 0 radical (unpaired) electrons. The van der Waals surface area contributed by atoms with Crippen molar-refractivity contribution in [2.75, 3.05) is 13.1 Å². The summed E-state index contributed by atoms with van der Waals surface area (Å²) in [6, 6.07) is 0. The van der Waals surface area contributed by atoms with E-state index in [2.05, 4.69) is 19.2 Å². The first-order valence-corrected chi connectivity index (χ1v) is 5.85. The van der Waals surface area contributed by atoms with E-state index in [0.717, 1.165) is 18.1 Å². The molecule has 0 aromatic carbocycles. The van der Waals surface area contributed by atoms with Crippen LogP contribution < -0.4 is 5.32 Å². The van der Waals surface area contributed by atoms with E-state index in [1.54, 1.807) is 0 Å². The zero-order valence-corrected chi connectivity index (χ0v) is 9.56. The molecule has 0 aliphatic carbocycles. The minimum absolute atomic E-state index is 0.705. The first-order chi connectivity index (χ1) is 6.20. The standard InChI is InChI=1S/C10H14ClNS/c1-6-9(11)7(2)13-10(6)8-3-4-12-5-8/h8,12H,3-5H2,1-2H3. The van der Waals surface area contributed by atoms with Crippen molar-refractivity contribution in [1.82, 2.24) is 5.32 Å². The maximum atomic E-state index is 6.17. The second kappa shape index (κ2) is 3.60. The van der Waals surface area contributed by atoms with Crippen molar-refractivity contribution in [1.29, 1.82) is 0 Å². The van der Waals surface area contributed by atoms with Crippen molar-refractivity contribution in [3.05, 3.63) is 20.3 Å². The number of nitrogens with one attached hydrogen (secondary N) is 1. The largest absolute Gasteiger partial charge is 0.316 e. The number of rotatable bonds is 1. The van der Waals surface area contributed by atoms with Crippen molar-refractivity contribution in [2.24, 2.45) is 0 Å². The lowest BCUT2D eigenvalue weighted by Crippen LogP contribution is -2.07. The highest BCUT2D eigenvalue weighted by atomic mass is 35.5. The summed E-state index contributed by atoms with van der Waals surface area (Å²) in [5.41, 5.74) is 1.30. The van der Waals surface area contributed by atoms with E-state index in [4.69, 9.17) is 11.6 Å².